The van der Waals surface area contributed by atoms with Crippen molar-refractivity contribution < 1.29 is 47.5 Å². The molecule has 2 N–H and O–H groups in total. The number of aromatic hydroxyl groups is 1. The van der Waals surface area contributed by atoms with Gasteiger partial charge in [0, 0.05) is 7.11 Å². The summed E-state index contributed by atoms with van der Waals surface area (Å²) in [5.41, 5.74) is 1.19. The van der Waals surface area contributed by atoms with Crippen molar-refractivity contribution in [1.82, 2.24) is 5.09 Å². The fourth-order valence-electron chi connectivity index (χ4n) is 3.43. The summed E-state index contributed by atoms with van der Waals surface area (Å²) in [6.07, 6.45) is 4.57. The van der Waals surface area contributed by atoms with Crippen molar-refractivity contribution in [3.05, 3.63) is 59.7 Å². The molecule has 0 aromatic heterocycles. The molecule has 0 bridgehead atoms. The number of rotatable bonds is 16. The molecule has 0 amide bonds. The largest absolute Gasteiger partial charge is 0.504 e. The van der Waals surface area contributed by atoms with Crippen molar-refractivity contribution >= 4 is 37.2 Å². The van der Waals surface area contributed by atoms with E-state index >= 15 is 0 Å². The number of hydrogen-bond acceptors (Lipinski definition) is 10. The van der Waals surface area contributed by atoms with Gasteiger partial charge in [-0.05, 0) is 68.3 Å². The summed E-state index contributed by atoms with van der Waals surface area (Å²) in [5, 5.41) is 12.3. The summed E-state index contributed by atoms with van der Waals surface area (Å²) in [6, 6.07) is 8.35. The second kappa shape index (κ2) is 15.8. The van der Waals surface area contributed by atoms with Crippen LogP contribution < -0.4 is 19.1 Å². The SMILES string of the molecule is COCP(=O)(N[C@@H](C)C(=O)OC(C)C)Oc1ccc(/C=C/C(=O)CC(=O)/C=C/c2ccc(O)c(OC)c2)cc1OC. The van der Waals surface area contributed by atoms with Crippen molar-refractivity contribution in [2.45, 2.75) is 39.3 Å². The summed E-state index contributed by atoms with van der Waals surface area (Å²) in [7, 11) is 0.441. The Bertz CT molecular complexity index is 1330. The minimum atomic E-state index is -3.72. The molecule has 2 aromatic rings. The number of methoxy groups -OCH3 is 3. The third-order valence-corrected chi connectivity index (χ3v) is 7.17. The van der Waals surface area contributed by atoms with Gasteiger partial charge in [0.05, 0.1) is 26.7 Å². The predicted molar refractivity (Wildman–Crippen MR) is 154 cm³/mol. The zero-order valence-electron chi connectivity index (χ0n) is 23.9. The molecular weight excluding hydrogens is 553 g/mol. The van der Waals surface area contributed by atoms with Crippen LogP contribution in [0.4, 0.5) is 0 Å². The van der Waals surface area contributed by atoms with E-state index in [0.29, 0.717) is 11.1 Å². The number of benzene rings is 2. The number of ether oxygens (including phenoxy) is 4. The number of phenols is 1. The minimum absolute atomic E-state index is 0.0218. The van der Waals surface area contributed by atoms with Gasteiger partial charge in [0.2, 0.25) is 0 Å². The maximum atomic E-state index is 13.4. The van der Waals surface area contributed by atoms with Crippen LogP contribution in [0.1, 0.15) is 38.3 Å². The first-order valence-corrected chi connectivity index (χ1v) is 14.4. The van der Waals surface area contributed by atoms with Crippen LogP contribution in [0.5, 0.6) is 23.0 Å². The van der Waals surface area contributed by atoms with Crippen LogP contribution in [-0.2, 0) is 28.4 Å². The fraction of sp³-hybridized carbons (Fsp3) is 0.345. The number of nitrogens with one attached hydrogen (secondary N) is 1. The van der Waals surface area contributed by atoms with Crippen molar-refractivity contribution in [2.75, 3.05) is 27.7 Å². The fourth-order valence-corrected chi connectivity index (χ4v) is 5.11. The average Bonchev–Trinajstić information content (AvgIpc) is 2.91. The van der Waals surface area contributed by atoms with Gasteiger partial charge in [-0.2, -0.15) is 0 Å². The van der Waals surface area contributed by atoms with Crippen LogP contribution in [-0.4, -0.2) is 62.5 Å². The minimum Gasteiger partial charge on any atom is -0.504 e. The molecule has 222 valence electrons. The Morgan fingerprint density at radius 2 is 1.44 bits per heavy atom. The van der Waals surface area contributed by atoms with Crippen molar-refractivity contribution in [2.24, 2.45) is 0 Å². The molecule has 0 spiro atoms. The maximum absolute atomic E-state index is 13.4. The zero-order chi connectivity index (χ0) is 30.6. The number of carbonyl (C=O) groups excluding carboxylic acids is 3. The van der Waals surface area contributed by atoms with E-state index < -0.39 is 31.1 Å². The summed E-state index contributed by atoms with van der Waals surface area (Å²) in [6.45, 7) is 4.91. The van der Waals surface area contributed by atoms with Crippen LogP contribution in [0, 0.1) is 0 Å². The highest BCUT2D eigenvalue weighted by molar-refractivity contribution is 7.57. The van der Waals surface area contributed by atoms with Crippen LogP contribution in [0.2, 0.25) is 0 Å². The van der Waals surface area contributed by atoms with Gasteiger partial charge in [-0.25, -0.2) is 5.09 Å². The second-order valence-electron chi connectivity index (χ2n) is 9.14. The van der Waals surface area contributed by atoms with Crippen molar-refractivity contribution in [1.29, 1.82) is 0 Å². The van der Waals surface area contributed by atoms with E-state index in [1.54, 1.807) is 38.1 Å². The lowest BCUT2D eigenvalue weighted by Gasteiger charge is -2.24. The molecule has 41 heavy (non-hydrogen) atoms. The number of phenolic OH excluding ortho intramolecular Hbond substituents is 1. The van der Waals surface area contributed by atoms with Gasteiger partial charge in [0.25, 0.3) is 0 Å². The van der Waals surface area contributed by atoms with Crippen LogP contribution in [0.3, 0.4) is 0 Å². The molecule has 0 saturated heterocycles. The number of allylic oxidation sites excluding steroid dienone is 2. The first-order chi connectivity index (χ1) is 19.4. The quantitative estimate of drug-likeness (QED) is 0.121. The molecule has 1 unspecified atom stereocenters. The molecule has 0 saturated carbocycles. The highest BCUT2D eigenvalue weighted by atomic mass is 31.2. The van der Waals surface area contributed by atoms with Gasteiger partial charge < -0.3 is 28.6 Å². The van der Waals surface area contributed by atoms with E-state index in [0.717, 1.165) is 0 Å². The molecule has 2 aromatic carbocycles. The number of hydrogen-bond donors (Lipinski definition) is 2. The lowest BCUT2D eigenvalue weighted by atomic mass is 10.1. The molecule has 0 aliphatic rings. The maximum Gasteiger partial charge on any atom is 0.342 e. The zero-order valence-corrected chi connectivity index (χ0v) is 24.8. The summed E-state index contributed by atoms with van der Waals surface area (Å²) >= 11 is 0. The molecule has 12 heteroatoms. The Morgan fingerprint density at radius 3 is 1.98 bits per heavy atom. The lowest BCUT2D eigenvalue weighted by molar-refractivity contribution is -0.149. The summed E-state index contributed by atoms with van der Waals surface area (Å²) in [5.74, 6) is -0.820. The van der Waals surface area contributed by atoms with E-state index in [1.807, 2.05) is 0 Å². The first-order valence-electron chi connectivity index (χ1n) is 12.6. The normalized spacial score (nSPS) is 13.6. The Morgan fingerprint density at radius 1 is 0.878 bits per heavy atom. The van der Waals surface area contributed by atoms with Crippen LogP contribution in [0.25, 0.3) is 12.2 Å². The van der Waals surface area contributed by atoms with Gasteiger partial charge in [0.15, 0.2) is 34.6 Å². The first kappa shape index (κ1) is 33.3. The molecule has 11 nitrogen and oxygen atoms in total. The molecule has 0 heterocycles. The molecule has 0 radical (unpaired) electrons. The van der Waals surface area contributed by atoms with Crippen molar-refractivity contribution in [3.63, 3.8) is 0 Å². The summed E-state index contributed by atoms with van der Waals surface area (Å²) < 4.78 is 39.7. The van der Waals surface area contributed by atoms with Gasteiger partial charge in [-0.3, -0.25) is 18.9 Å². The van der Waals surface area contributed by atoms with Gasteiger partial charge in [-0.1, -0.05) is 24.3 Å². The monoisotopic (exact) mass is 589 g/mol. The van der Waals surface area contributed by atoms with Gasteiger partial charge >= 0.3 is 13.5 Å². The lowest BCUT2D eigenvalue weighted by Crippen LogP contribution is -2.36. The highest BCUT2D eigenvalue weighted by Gasteiger charge is 2.31. The molecule has 0 aliphatic carbocycles. The van der Waals surface area contributed by atoms with Gasteiger partial charge in [-0.15, -0.1) is 0 Å². The Kier molecular flexibility index (Phi) is 12.8. The van der Waals surface area contributed by atoms with Gasteiger partial charge in [0.1, 0.15) is 12.4 Å². The van der Waals surface area contributed by atoms with E-state index in [4.69, 9.17) is 23.5 Å². The molecule has 2 atom stereocenters. The molecule has 0 fully saturated rings. The Labute approximate surface area is 239 Å². The van der Waals surface area contributed by atoms with E-state index in [2.05, 4.69) is 5.09 Å². The Balaban J connectivity index is 2.07. The highest BCUT2D eigenvalue weighted by Crippen LogP contribution is 2.46. The molecule has 2 rings (SSSR count). The number of ketones is 2. The smallest absolute Gasteiger partial charge is 0.342 e. The number of esters is 1. The summed E-state index contributed by atoms with van der Waals surface area (Å²) in [4.78, 5) is 36.8. The van der Waals surface area contributed by atoms with E-state index in [-0.39, 0.29) is 41.9 Å². The second-order valence-corrected chi connectivity index (χ2v) is 11.2. The Hall–Kier alpha value is -3.92. The standard InChI is InChI=1S/C29H36NO10P/c1-19(2)39-29(34)20(3)30-41(35,18-36-4)40-26-14-10-22(16-28(26)38-6)8-12-24(32)17-23(31)11-7-21-9-13-25(33)27(15-21)37-5/h7-16,19-20,33H,17-18H2,1-6H3,(H,30,35)/b11-7+,12-8+/t20-,41?/m0/s1. The predicted octanol–water partition coefficient (Wildman–Crippen LogP) is 4.77. The van der Waals surface area contributed by atoms with Crippen LogP contribution in [0.15, 0.2) is 48.6 Å². The molecule has 0 aliphatic heterocycles. The third-order valence-electron chi connectivity index (χ3n) is 5.30. The number of carbonyl (C=O) groups is 3. The van der Waals surface area contributed by atoms with Crippen molar-refractivity contribution in [3.8, 4) is 23.0 Å². The van der Waals surface area contributed by atoms with E-state index in [1.165, 1.54) is 64.7 Å². The average molecular weight is 590 g/mol. The third kappa shape index (κ3) is 10.9. The topological polar surface area (TPSA) is 147 Å². The van der Waals surface area contributed by atoms with E-state index in [9.17, 15) is 24.1 Å². The van der Waals surface area contributed by atoms with Crippen LogP contribution >= 0.6 is 7.52 Å². The molecular formula is C29H36NO10P.